The first kappa shape index (κ1) is 15.0. The molecule has 0 saturated carbocycles. The standard InChI is InChI=1S/C19H18N2O2/c1-12-7-4-5-10-15(12)16-11-17(23-21-16)20-19(22)18-13(2)8-6-9-14(18)3/h4-11H,1-3H3,(H,20,22). The van der Waals surface area contributed by atoms with Crippen molar-refractivity contribution in [2.45, 2.75) is 20.8 Å². The fraction of sp³-hybridized carbons (Fsp3) is 0.158. The van der Waals surface area contributed by atoms with E-state index in [0.29, 0.717) is 17.1 Å². The molecule has 0 saturated heterocycles. The van der Waals surface area contributed by atoms with Gasteiger partial charge in [-0.25, -0.2) is 0 Å². The number of aryl methyl sites for hydroxylation is 3. The van der Waals surface area contributed by atoms with Crippen molar-refractivity contribution in [2.75, 3.05) is 5.32 Å². The summed E-state index contributed by atoms with van der Waals surface area (Å²) in [6.07, 6.45) is 0. The van der Waals surface area contributed by atoms with Crippen LogP contribution in [0.15, 0.2) is 53.1 Å². The average Bonchev–Trinajstić information content (AvgIpc) is 2.95. The summed E-state index contributed by atoms with van der Waals surface area (Å²) in [4.78, 5) is 12.5. The van der Waals surface area contributed by atoms with Crippen LogP contribution in [0.4, 0.5) is 5.88 Å². The van der Waals surface area contributed by atoms with Crippen LogP contribution in [0.1, 0.15) is 27.0 Å². The van der Waals surface area contributed by atoms with Gasteiger partial charge in [0.2, 0.25) is 5.88 Å². The van der Waals surface area contributed by atoms with Gasteiger partial charge in [-0.15, -0.1) is 0 Å². The lowest BCUT2D eigenvalue weighted by Crippen LogP contribution is -2.14. The van der Waals surface area contributed by atoms with Gasteiger partial charge < -0.3 is 4.52 Å². The van der Waals surface area contributed by atoms with Crippen LogP contribution >= 0.6 is 0 Å². The molecule has 0 aliphatic carbocycles. The number of rotatable bonds is 3. The van der Waals surface area contributed by atoms with E-state index in [9.17, 15) is 4.79 Å². The van der Waals surface area contributed by atoms with Gasteiger partial charge in [-0.05, 0) is 37.5 Å². The molecule has 3 rings (SSSR count). The summed E-state index contributed by atoms with van der Waals surface area (Å²) < 4.78 is 5.26. The number of amides is 1. The number of benzene rings is 2. The molecule has 1 aromatic heterocycles. The maximum absolute atomic E-state index is 12.5. The normalized spacial score (nSPS) is 10.6. The van der Waals surface area contributed by atoms with Gasteiger partial charge in [0.15, 0.2) is 0 Å². The Bertz CT molecular complexity index is 845. The van der Waals surface area contributed by atoms with Crippen LogP contribution in [0.2, 0.25) is 0 Å². The summed E-state index contributed by atoms with van der Waals surface area (Å²) in [5.74, 6) is 0.156. The molecule has 1 N–H and O–H groups in total. The number of hydrogen-bond acceptors (Lipinski definition) is 3. The van der Waals surface area contributed by atoms with Crippen molar-refractivity contribution in [2.24, 2.45) is 0 Å². The van der Waals surface area contributed by atoms with Crippen molar-refractivity contribution in [1.82, 2.24) is 5.16 Å². The number of nitrogens with one attached hydrogen (secondary N) is 1. The molecule has 4 heteroatoms. The number of nitrogens with zero attached hydrogens (tertiary/aromatic N) is 1. The van der Waals surface area contributed by atoms with E-state index in [4.69, 9.17) is 4.52 Å². The van der Waals surface area contributed by atoms with Gasteiger partial charge in [-0.2, -0.15) is 0 Å². The summed E-state index contributed by atoms with van der Waals surface area (Å²) in [6, 6.07) is 15.4. The second kappa shape index (κ2) is 6.08. The van der Waals surface area contributed by atoms with E-state index in [1.807, 2.05) is 63.2 Å². The van der Waals surface area contributed by atoms with Crippen molar-refractivity contribution in [1.29, 1.82) is 0 Å². The second-order valence-electron chi connectivity index (χ2n) is 5.61. The van der Waals surface area contributed by atoms with Crippen LogP contribution in [0.3, 0.4) is 0 Å². The molecular weight excluding hydrogens is 288 g/mol. The molecule has 1 amide bonds. The minimum absolute atomic E-state index is 0.187. The molecule has 0 spiro atoms. The Balaban J connectivity index is 1.85. The molecule has 0 bridgehead atoms. The van der Waals surface area contributed by atoms with E-state index in [-0.39, 0.29) is 5.91 Å². The molecule has 3 aromatic rings. The Morgan fingerprint density at radius 3 is 2.30 bits per heavy atom. The number of anilines is 1. The zero-order valence-corrected chi connectivity index (χ0v) is 13.4. The smallest absolute Gasteiger partial charge is 0.258 e. The summed E-state index contributed by atoms with van der Waals surface area (Å²) in [7, 11) is 0. The van der Waals surface area contributed by atoms with Gasteiger partial charge in [-0.3, -0.25) is 10.1 Å². The molecule has 4 nitrogen and oxygen atoms in total. The van der Waals surface area contributed by atoms with E-state index in [0.717, 1.165) is 22.3 Å². The predicted octanol–water partition coefficient (Wildman–Crippen LogP) is 4.52. The summed E-state index contributed by atoms with van der Waals surface area (Å²) >= 11 is 0. The molecule has 116 valence electrons. The molecule has 0 radical (unpaired) electrons. The van der Waals surface area contributed by atoms with Gasteiger partial charge in [0.25, 0.3) is 5.91 Å². The van der Waals surface area contributed by atoms with Crippen molar-refractivity contribution in [3.63, 3.8) is 0 Å². The first-order valence-corrected chi connectivity index (χ1v) is 7.46. The van der Waals surface area contributed by atoms with Crippen LogP contribution < -0.4 is 5.32 Å². The van der Waals surface area contributed by atoms with Crippen LogP contribution in [-0.2, 0) is 0 Å². The molecule has 0 atom stereocenters. The number of hydrogen-bond donors (Lipinski definition) is 1. The molecule has 0 unspecified atom stereocenters. The Kier molecular flexibility index (Phi) is 3.98. The molecular formula is C19H18N2O2. The van der Waals surface area contributed by atoms with Crippen molar-refractivity contribution in [3.8, 4) is 11.3 Å². The molecule has 2 aromatic carbocycles. The maximum atomic E-state index is 12.5. The van der Waals surface area contributed by atoms with Crippen molar-refractivity contribution in [3.05, 3.63) is 70.8 Å². The number of carbonyl (C=O) groups excluding carboxylic acids is 1. The van der Waals surface area contributed by atoms with Crippen LogP contribution in [0.25, 0.3) is 11.3 Å². The SMILES string of the molecule is Cc1ccccc1-c1cc(NC(=O)c2c(C)cccc2C)on1. The van der Waals surface area contributed by atoms with Crippen molar-refractivity contribution >= 4 is 11.8 Å². The topological polar surface area (TPSA) is 55.1 Å². The second-order valence-corrected chi connectivity index (χ2v) is 5.61. The fourth-order valence-electron chi connectivity index (χ4n) is 2.67. The number of carbonyl (C=O) groups is 1. The van der Waals surface area contributed by atoms with Gasteiger partial charge in [0, 0.05) is 17.2 Å². The number of aromatic nitrogens is 1. The molecule has 23 heavy (non-hydrogen) atoms. The Morgan fingerprint density at radius 1 is 0.957 bits per heavy atom. The molecule has 0 aliphatic heterocycles. The maximum Gasteiger partial charge on any atom is 0.258 e. The van der Waals surface area contributed by atoms with E-state index in [2.05, 4.69) is 10.5 Å². The first-order chi connectivity index (χ1) is 11.1. The summed E-state index contributed by atoms with van der Waals surface area (Å²) in [6.45, 7) is 5.85. The average molecular weight is 306 g/mol. The minimum atomic E-state index is -0.187. The summed E-state index contributed by atoms with van der Waals surface area (Å²) in [5.41, 5.74) is 5.33. The van der Waals surface area contributed by atoms with Crippen LogP contribution in [0, 0.1) is 20.8 Å². The zero-order chi connectivity index (χ0) is 16.4. The van der Waals surface area contributed by atoms with Crippen LogP contribution in [-0.4, -0.2) is 11.1 Å². The molecule has 1 heterocycles. The zero-order valence-electron chi connectivity index (χ0n) is 13.4. The lowest BCUT2D eigenvalue weighted by Gasteiger charge is -2.08. The Morgan fingerprint density at radius 2 is 1.61 bits per heavy atom. The molecule has 0 fully saturated rings. The highest BCUT2D eigenvalue weighted by Gasteiger charge is 2.15. The monoisotopic (exact) mass is 306 g/mol. The third-order valence-corrected chi connectivity index (χ3v) is 3.88. The lowest BCUT2D eigenvalue weighted by atomic mass is 10.0. The van der Waals surface area contributed by atoms with E-state index < -0.39 is 0 Å². The molecule has 0 aliphatic rings. The van der Waals surface area contributed by atoms with Crippen molar-refractivity contribution < 1.29 is 9.32 Å². The third kappa shape index (κ3) is 3.01. The first-order valence-electron chi connectivity index (χ1n) is 7.46. The Hall–Kier alpha value is -2.88. The third-order valence-electron chi connectivity index (χ3n) is 3.88. The predicted molar refractivity (Wildman–Crippen MR) is 90.5 cm³/mol. The quantitative estimate of drug-likeness (QED) is 0.774. The highest BCUT2D eigenvalue weighted by Crippen LogP contribution is 2.25. The van der Waals surface area contributed by atoms with Gasteiger partial charge in [-0.1, -0.05) is 47.6 Å². The van der Waals surface area contributed by atoms with E-state index in [1.54, 1.807) is 6.07 Å². The van der Waals surface area contributed by atoms with Gasteiger partial charge in [0.05, 0.1) is 0 Å². The Labute approximate surface area is 135 Å². The van der Waals surface area contributed by atoms with E-state index >= 15 is 0 Å². The lowest BCUT2D eigenvalue weighted by molar-refractivity contribution is 0.102. The van der Waals surface area contributed by atoms with Gasteiger partial charge >= 0.3 is 0 Å². The largest absolute Gasteiger partial charge is 0.338 e. The minimum Gasteiger partial charge on any atom is -0.338 e. The summed E-state index contributed by atoms with van der Waals surface area (Å²) in [5, 5.41) is 6.83. The van der Waals surface area contributed by atoms with Gasteiger partial charge in [0.1, 0.15) is 5.69 Å². The highest BCUT2D eigenvalue weighted by molar-refractivity contribution is 6.05. The highest BCUT2D eigenvalue weighted by atomic mass is 16.5. The van der Waals surface area contributed by atoms with Crippen LogP contribution in [0.5, 0.6) is 0 Å². The van der Waals surface area contributed by atoms with E-state index in [1.165, 1.54) is 0 Å². The fourth-order valence-corrected chi connectivity index (χ4v) is 2.67.